The second kappa shape index (κ2) is 5.00. The van der Waals surface area contributed by atoms with Crippen LogP contribution in [0, 0.1) is 5.92 Å². The predicted molar refractivity (Wildman–Crippen MR) is 53.1 cm³/mol. The largest absolute Gasteiger partial charge is 0.465 e. The standard InChI is InChI=1S/C10H17NO3/c1-2-3-7-6-8(12)4-5-9(7)11-10(13)14/h2-3,7-9,11-12H,4-6H2,1H3,(H,13,14)/t7-,8-,9+/m1/s1. The molecular formula is C10H17NO3. The van der Waals surface area contributed by atoms with Gasteiger partial charge in [-0.1, -0.05) is 12.2 Å². The Balaban J connectivity index is 2.57. The molecule has 0 aromatic rings. The van der Waals surface area contributed by atoms with Crippen LogP contribution in [0.2, 0.25) is 0 Å². The molecule has 0 aromatic carbocycles. The number of nitrogens with one attached hydrogen (secondary N) is 1. The Morgan fingerprint density at radius 3 is 2.79 bits per heavy atom. The van der Waals surface area contributed by atoms with Crippen molar-refractivity contribution in [3.63, 3.8) is 0 Å². The van der Waals surface area contributed by atoms with Crippen LogP contribution in [0.25, 0.3) is 0 Å². The summed E-state index contributed by atoms with van der Waals surface area (Å²) in [5.41, 5.74) is 0. The summed E-state index contributed by atoms with van der Waals surface area (Å²) in [6.07, 6.45) is 4.63. The van der Waals surface area contributed by atoms with Crippen molar-refractivity contribution in [2.75, 3.05) is 0 Å². The van der Waals surface area contributed by atoms with Gasteiger partial charge in [0.05, 0.1) is 6.10 Å². The summed E-state index contributed by atoms with van der Waals surface area (Å²) in [6.45, 7) is 1.90. The summed E-state index contributed by atoms with van der Waals surface area (Å²) >= 11 is 0. The van der Waals surface area contributed by atoms with Gasteiger partial charge in [-0.3, -0.25) is 0 Å². The van der Waals surface area contributed by atoms with Crippen molar-refractivity contribution in [3.05, 3.63) is 12.2 Å². The van der Waals surface area contributed by atoms with Crippen LogP contribution < -0.4 is 5.32 Å². The molecule has 14 heavy (non-hydrogen) atoms. The maximum Gasteiger partial charge on any atom is 0.404 e. The lowest BCUT2D eigenvalue weighted by molar-refractivity contribution is 0.0936. The van der Waals surface area contributed by atoms with Gasteiger partial charge in [0.2, 0.25) is 0 Å². The Kier molecular flexibility index (Phi) is 3.95. The first-order valence-corrected chi connectivity index (χ1v) is 4.93. The Labute approximate surface area is 83.6 Å². The SMILES string of the molecule is CC=C[C@@H]1C[C@H](O)CC[C@@H]1NC(=O)O. The molecule has 3 N–H and O–H groups in total. The average Bonchev–Trinajstić information content (AvgIpc) is 2.09. The van der Waals surface area contributed by atoms with Crippen LogP contribution in [0.15, 0.2) is 12.2 Å². The van der Waals surface area contributed by atoms with Gasteiger partial charge in [-0.2, -0.15) is 0 Å². The summed E-state index contributed by atoms with van der Waals surface area (Å²) in [5, 5.41) is 20.6. The van der Waals surface area contributed by atoms with E-state index in [1.807, 2.05) is 19.1 Å². The lowest BCUT2D eigenvalue weighted by atomic mass is 9.82. The van der Waals surface area contributed by atoms with Crippen molar-refractivity contribution in [2.24, 2.45) is 5.92 Å². The highest BCUT2D eigenvalue weighted by Crippen LogP contribution is 2.25. The molecule has 1 aliphatic rings. The molecule has 80 valence electrons. The first-order chi connectivity index (χ1) is 6.63. The molecule has 1 rings (SSSR count). The third-order valence-corrected chi connectivity index (χ3v) is 2.62. The van der Waals surface area contributed by atoms with E-state index in [-0.39, 0.29) is 18.1 Å². The third-order valence-electron chi connectivity index (χ3n) is 2.62. The molecule has 1 fully saturated rings. The van der Waals surface area contributed by atoms with Crippen LogP contribution >= 0.6 is 0 Å². The van der Waals surface area contributed by atoms with Crippen LogP contribution in [0.3, 0.4) is 0 Å². The fraction of sp³-hybridized carbons (Fsp3) is 0.700. The molecule has 0 saturated heterocycles. The fourth-order valence-corrected chi connectivity index (χ4v) is 1.98. The minimum Gasteiger partial charge on any atom is -0.465 e. The zero-order chi connectivity index (χ0) is 10.6. The van der Waals surface area contributed by atoms with E-state index < -0.39 is 6.09 Å². The number of aliphatic hydroxyl groups excluding tert-OH is 1. The zero-order valence-electron chi connectivity index (χ0n) is 8.31. The van der Waals surface area contributed by atoms with Gasteiger partial charge in [0, 0.05) is 6.04 Å². The molecule has 0 aromatic heterocycles. The molecule has 0 heterocycles. The first-order valence-electron chi connectivity index (χ1n) is 4.93. The van der Waals surface area contributed by atoms with E-state index in [0.29, 0.717) is 19.3 Å². The minimum absolute atomic E-state index is 0.0490. The maximum absolute atomic E-state index is 10.5. The predicted octanol–water partition coefficient (Wildman–Crippen LogP) is 1.36. The number of hydrogen-bond donors (Lipinski definition) is 3. The number of carboxylic acid groups (broad SMARTS) is 1. The van der Waals surface area contributed by atoms with Crippen molar-refractivity contribution in [2.45, 2.75) is 38.3 Å². The second-order valence-electron chi connectivity index (χ2n) is 3.71. The molecule has 4 nitrogen and oxygen atoms in total. The van der Waals surface area contributed by atoms with Crippen LogP contribution in [0.5, 0.6) is 0 Å². The smallest absolute Gasteiger partial charge is 0.404 e. The molecule has 4 heteroatoms. The van der Waals surface area contributed by atoms with Gasteiger partial charge in [-0.25, -0.2) is 4.79 Å². The van der Waals surface area contributed by atoms with Crippen LogP contribution in [-0.4, -0.2) is 28.5 Å². The highest BCUT2D eigenvalue weighted by Gasteiger charge is 2.28. The lowest BCUT2D eigenvalue weighted by Crippen LogP contribution is -2.43. The molecule has 0 unspecified atom stereocenters. The molecule has 1 aliphatic carbocycles. The Hall–Kier alpha value is -1.03. The summed E-state index contributed by atoms with van der Waals surface area (Å²) in [7, 11) is 0. The first kappa shape index (κ1) is 11.0. The molecular weight excluding hydrogens is 182 g/mol. The van der Waals surface area contributed by atoms with Crippen molar-refractivity contribution in [1.29, 1.82) is 0 Å². The average molecular weight is 199 g/mol. The zero-order valence-corrected chi connectivity index (χ0v) is 8.31. The summed E-state index contributed by atoms with van der Waals surface area (Å²) in [6, 6.07) is -0.0490. The molecule has 0 aliphatic heterocycles. The quantitative estimate of drug-likeness (QED) is 0.588. The van der Waals surface area contributed by atoms with Crippen LogP contribution in [0.4, 0.5) is 4.79 Å². The van der Waals surface area contributed by atoms with Crippen LogP contribution in [0.1, 0.15) is 26.2 Å². The van der Waals surface area contributed by atoms with Gasteiger partial charge in [-0.05, 0) is 32.1 Å². The second-order valence-corrected chi connectivity index (χ2v) is 3.71. The van der Waals surface area contributed by atoms with E-state index in [0.717, 1.165) is 0 Å². The van der Waals surface area contributed by atoms with E-state index in [9.17, 15) is 9.90 Å². The highest BCUT2D eigenvalue weighted by atomic mass is 16.4. The Morgan fingerprint density at radius 2 is 2.21 bits per heavy atom. The highest BCUT2D eigenvalue weighted by molar-refractivity contribution is 5.64. The van der Waals surface area contributed by atoms with Crippen molar-refractivity contribution in [3.8, 4) is 0 Å². The fourth-order valence-electron chi connectivity index (χ4n) is 1.98. The number of rotatable bonds is 2. The van der Waals surface area contributed by atoms with E-state index in [1.54, 1.807) is 0 Å². The molecule has 0 spiro atoms. The molecule has 0 bridgehead atoms. The van der Waals surface area contributed by atoms with E-state index in [4.69, 9.17) is 5.11 Å². The normalized spacial score (nSPS) is 33.1. The van der Waals surface area contributed by atoms with Gasteiger partial charge in [0.15, 0.2) is 0 Å². The number of amides is 1. The van der Waals surface area contributed by atoms with Crippen molar-refractivity contribution >= 4 is 6.09 Å². The van der Waals surface area contributed by atoms with E-state index >= 15 is 0 Å². The number of carbonyl (C=O) groups is 1. The van der Waals surface area contributed by atoms with E-state index in [2.05, 4.69) is 5.32 Å². The summed E-state index contributed by atoms with van der Waals surface area (Å²) in [4.78, 5) is 10.5. The van der Waals surface area contributed by atoms with Gasteiger partial charge in [0.1, 0.15) is 0 Å². The monoisotopic (exact) mass is 199 g/mol. The molecule has 1 amide bonds. The van der Waals surface area contributed by atoms with Crippen molar-refractivity contribution < 1.29 is 15.0 Å². The van der Waals surface area contributed by atoms with Gasteiger partial charge in [0.25, 0.3) is 0 Å². The maximum atomic E-state index is 10.5. The van der Waals surface area contributed by atoms with Crippen LogP contribution in [-0.2, 0) is 0 Å². The minimum atomic E-state index is -0.985. The summed E-state index contributed by atoms with van der Waals surface area (Å²) < 4.78 is 0. The molecule has 0 radical (unpaired) electrons. The number of hydrogen-bond acceptors (Lipinski definition) is 2. The number of allylic oxidation sites excluding steroid dienone is 1. The topological polar surface area (TPSA) is 69.6 Å². The molecule has 3 atom stereocenters. The lowest BCUT2D eigenvalue weighted by Gasteiger charge is -2.32. The van der Waals surface area contributed by atoms with Gasteiger partial charge >= 0.3 is 6.09 Å². The summed E-state index contributed by atoms with van der Waals surface area (Å²) in [5.74, 6) is 0.125. The Bertz CT molecular complexity index is 227. The van der Waals surface area contributed by atoms with Gasteiger partial charge < -0.3 is 15.5 Å². The van der Waals surface area contributed by atoms with E-state index in [1.165, 1.54) is 0 Å². The third kappa shape index (κ3) is 3.03. The number of aliphatic hydroxyl groups is 1. The molecule has 1 saturated carbocycles. The van der Waals surface area contributed by atoms with Gasteiger partial charge in [-0.15, -0.1) is 0 Å². The van der Waals surface area contributed by atoms with Crippen molar-refractivity contribution in [1.82, 2.24) is 5.32 Å². The Morgan fingerprint density at radius 1 is 1.50 bits per heavy atom.